The molecule has 41 heavy (non-hydrogen) atoms. The third kappa shape index (κ3) is 7.62. The van der Waals surface area contributed by atoms with E-state index in [4.69, 9.17) is 28.3 Å². The van der Waals surface area contributed by atoms with E-state index in [2.05, 4.69) is 10.3 Å². The van der Waals surface area contributed by atoms with Crippen molar-refractivity contribution in [1.29, 1.82) is 0 Å². The van der Waals surface area contributed by atoms with Crippen LogP contribution in [0.4, 0.5) is 23.2 Å². The van der Waals surface area contributed by atoms with Crippen molar-refractivity contribution in [1.82, 2.24) is 4.98 Å². The van der Waals surface area contributed by atoms with E-state index in [9.17, 15) is 27.2 Å². The number of benzene rings is 3. The number of pyridine rings is 1. The summed E-state index contributed by atoms with van der Waals surface area (Å²) in [5, 5.41) is 12.6. The second-order valence-corrected chi connectivity index (χ2v) is 9.99. The first kappa shape index (κ1) is 30.0. The van der Waals surface area contributed by atoms with E-state index >= 15 is 0 Å². The van der Waals surface area contributed by atoms with Crippen molar-refractivity contribution in [3.8, 4) is 22.3 Å². The molecular weight excluding hydrogens is 583 g/mol. The molecule has 0 saturated heterocycles. The van der Waals surface area contributed by atoms with E-state index < -0.39 is 23.5 Å². The first-order chi connectivity index (χ1) is 19.4. The highest BCUT2D eigenvalue weighted by atomic mass is 35.5. The lowest BCUT2D eigenvalue weighted by atomic mass is 10.00. The molecule has 0 saturated carbocycles. The predicted octanol–water partition coefficient (Wildman–Crippen LogP) is 8.93. The van der Waals surface area contributed by atoms with E-state index in [1.807, 2.05) is 6.07 Å². The molecule has 1 heterocycles. The van der Waals surface area contributed by atoms with E-state index in [0.29, 0.717) is 28.4 Å². The summed E-state index contributed by atoms with van der Waals surface area (Å²) in [5.74, 6) is -2.57. The number of carbonyl (C=O) groups excluding carboxylic acids is 1. The van der Waals surface area contributed by atoms with Gasteiger partial charge >= 0.3 is 12.1 Å². The van der Waals surface area contributed by atoms with Gasteiger partial charge in [-0.1, -0.05) is 47.5 Å². The number of nitrogens with zero attached hydrogens (tertiary/aromatic N) is 1. The quantitative estimate of drug-likeness (QED) is 0.139. The summed E-state index contributed by atoms with van der Waals surface area (Å²) in [6.07, 6.45) is -3.08. The molecule has 2 N–H and O–H groups in total. The molecule has 4 rings (SSSR count). The molecule has 11 heteroatoms. The normalized spacial score (nSPS) is 11.4. The van der Waals surface area contributed by atoms with Crippen LogP contribution in [0.2, 0.25) is 10.0 Å². The number of carboxylic acid groups (broad SMARTS) is 1. The number of rotatable bonds is 10. The topological polar surface area (TPSA) is 79.3 Å². The van der Waals surface area contributed by atoms with Gasteiger partial charge in [-0.05, 0) is 65.6 Å². The monoisotopic (exact) mass is 604 g/mol. The minimum atomic E-state index is -4.84. The largest absolute Gasteiger partial charge is 0.481 e. The number of nitrogens with one attached hydrogen (secondary N) is 1. The smallest absolute Gasteiger partial charge is 0.419 e. The molecule has 0 atom stereocenters. The number of aliphatic carboxylic acids is 1. The van der Waals surface area contributed by atoms with Gasteiger partial charge in [-0.25, -0.2) is 4.39 Å². The summed E-state index contributed by atoms with van der Waals surface area (Å²) < 4.78 is 53.1. The average molecular weight is 605 g/mol. The summed E-state index contributed by atoms with van der Waals surface area (Å²) in [5.41, 5.74) is 2.22. The van der Waals surface area contributed by atoms with Gasteiger partial charge in [-0.3, -0.25) is 14.6 Å². The fourth-order valence-electron chi connectivity index (χ4n) is 4.18. The number of halogens is 6. The fourth-order valence-corrected chi connectivity index (χ4v) is 4.65. The number of alkyl halides is 3. The van der Waals surface area contributed by atoms with E-state index in [1.165, 1.54) is 6.07 Å². The lowest BCUT2D eigenvalue weighted by Gasteiger charge is -2.14. The van der Waals surface area contributed by atoms with Crippen molar-refractivity contribution in [3.05, 3.63) is 106 Å². The molecule has 0 aliphatic carbocycles. The Hall–Kier alpha value is -3.95. The van der Waals surface area contributed by atoms with E-state index in [1.54, 1.807) is 48.7 Å². The molecule has 212 valence electrons. The van der Waals surface area contributed by atoms with Gasteiger partial charge in [-0.15, -0.1) is 0 Å². The maximum Gasteiger partial charge on any atom is 0.419 e. The van der Waals surface area contributed by atoms with Crippen LogP contribution in [0, 0.1) is 5.82 Å². The number of hydrogen-bond donors (Lipinski definition) is 2. The maximum atomic E-state index is 13.7. The molecule has 1 aromatic heterocycles. The zero-order chi connectivity index (χ0) is 29.7. The molecule has 0 aliphatic rings. The van der Waals surface area contributed by atoms with E-state index in [-0.39, 0.29) is 41.3 Å². The van der Waals surface area contributed by atoms with Gasteiger partial charge in [0.2, 0.25) is 0 Å². The molecule has 0 spiro atoms. The molecular formula is C30H22Cl2F4N2O3. The van der Waals surface area contributed by atoms with Crippen LogP contribution in [0.3, 0.4) is 0 Å². The number of ketones is 1. The second kappa shape index (κ2) is 12.7. The molecule has 4 aromatic rings. The average Bonchev–Trinajstić information content (AvgIpc) is 2.92. The van der Waals surface area contributed by atoms with E-state index in [0.717, 1.165) is 23.3 Å². The number of carboxylic acids is 1. The number of anilines is 1. The van der Waals surface area contributed by atoms with Crippen molar-refractivity contribution in [2.45, 2.75) is 32.0 Å². The highest BCUT2D eigenvalue weighted by Crippen LogP contribution is 2.37. The maximum absolute atomic E-state index is 13.7. The van der Waals surface area contributed by atoms with Crippen LogP contribution in [0.5, 0.6) is 0 Å². The molecule has 0 amide bonds. The van der Waals surface area contributed by atoms with Gasteiger partial charge in [0.1, 0.15) is 11.5 Å². The lowest BCUT2D eigenvalue weighted by Crippen LogP contribution is -2.08. The van der Waals surface area contributed by atoms with Crippen LogP contribution in [-0.2, 0) is 17.5 Å². The molecule has 5 nitrogen and oxygen atoms in total. The minimum Gasteiger partial charge on any atom is -0.481 e. The van der Waals surface area contributed by atoms with Gasteiger partial charge in [0, 0.05) is 47.4 Å². The Labute approximate surface area is 242 Å². The SMILES string of the molecule is O=C(O)CCCC(=O)c1ccc(-c2cc(Cl)ccc2CNc2ccc(-c3ccc(F)c(C(F)(F)F)c3)c(Cl)c2)cn1. The molecule has 3 aromatic carbocycles. The number of aromatic nitrogens is 1. The molecule has 0 fully saturated rings. The Morgan fingerprint density at radius 2 is 1.63 bits per heavy atom. The zero-order valence-electron chi connectivity index (χ0n) is 21.2. The standard InChI is InChI=1S/C30H22Cl2F4N2O3/c31-20-7-4-18(23(13-20)19-6-11-27(38-16-19)28(39)2-1-3-29(40)41)15-37-21-8-9-22(25(32)14-21)17-5-10-26(33)24(12-17)30(34,35)36/h4-14,16,37H,1-3,15H2,(H,40,41). The summed E-state index contributed by atoms with van der Waals surface area (Å²) in [7, 11) is 0. The van der Waals surface area contributed by atoms with Gasteiger partial charge in [0.15, 0.2) is 5.78 Å². The Kier molecular flexibility index (Phi) is 9.30. The second-order valence-electron chi connectivity index (χ2n) is 9.14. The van der Waals surface area contributed by atoms with Crippen molar-refractivity contribution < 1.29 is 32.3 Å². The Morgan fingerprint density at radius 1 is 0.878 bits per heavy atom. The molecule has 0 radical (unpaired) electrons. The number of carbonyl (C=O) groups is 2. The van der Waals surface area contributed by atoms with Crippen LogP contribution < -0.4 is 5.32 Å². The van der Waals surface area contributed by atoms with Crippen LogP contribution in [-0.4, -0.2) is 21.8 Å². The van der Waals surface area contributed by atoms with Gasteiger partial charge in [0.25, 0.3) is 0 Å². The molecule has 0 aliphatic heterocycles. The summed E-state index contributed by atoms with van der Waals surface area (Å²) in [6.45, 7) is 0.326. The number of hydrogen-bond acceptors (Lipinski definition) is 4. The van der Waals surface area contributed by atoms with Crippen LogP contribution >= 0.6 is 23.2 Å². The highest BCUT2D eigenvalue weighted by molar-refractivity contribution is 6.33. The first-order valence-corrected chi connectivity index (χ1v) is 13.1. The summed E-state index contributed by atoms with van der Waals surface area (Å²) in [4.78, 5) is 27.2. The highest BCUT2D eigenvalue weighted by Gasteiger charge is 2.34. The van der Waals surface area contributed by atoms with Crippen molar-refractivity contribution in [2.24, 2.45) is 0 Å². The fraction of sp³-hybridized carbons (Fsp3) is 0.167. The van der Waals surface area contributed by atoms with Crippen LogP contribution in [0.15, 0.2) is 72.9 Å². The van der Waals surface area contributed by atoms with Crippen molar-refractivity contribution >= 4 is 40.6 Å². The molecule has 0 bridgehead atoms. The predicted molar refractivity (Wildman–Crippen MR) is 150 cm³/mol. The summed E-state index contributed by atoms with van der Waals surface area (Å²) >= 11 is 12.6. The Morgan fingerprint density at radius 3 is 2.29 bits per heavy atom. The summed E-state index contributed by atoms with van der Waals surface area (Å²) in [6, 6.07) is 16.1. The number of Topliss-reactive ketones (excluding diaryl/α,β-unsaturated/α-hetero) is 1. The Balaban J connectivity index is 1.50. The zero-order valence-corrected chi connectivity index (χ0v) is 22.7. The first-order valence-electron chi connectivity index (χ1n) is 12.3. The van der Waals surface area contributed by atoms with Crippen LogP contribution in [0.1, 0.15) is 40.9 Å². The van der Waals surface area contributed by atoms with Crippen molar-refractivity contribution in [3.63, 3.8) is 0 Å². The Bertz CT molecular complexity index is 1590. The minimum absolute atomic E-state index is 0.0803. The molecule has 0 unspecified atom stereocenters. The third-order valence-electron chi connectivity index (χ3n) is 6.26. The van der Waals surface area contributed by atoms with Crippen molar-refractivity contribution in [2.75, 3.05) is 5.32 Å². The van der Waals surface area contributed by atoms with Crippen LogP contribution in [0.25, 0.3) is 22.3 Å². The van der Waals surface area contributed by atoms with Gasteiger partial charge in [0.05, 0.1) is 10.6 Å². The lowest BCUT2D eigenvalue weighted by molar-refractivity contribution is -0.140. The van der Waals surface area contributed by atoms with Gasteiger partial charge in [-0.2, -0.15) is 13.2 Å². The third-order valence-corrected chi connectivity index (χ3v) is 6.81. The van der Waals surface area contributed by atoms with Gasteiger partial charge < -0.3 is 10.4 Å².